The molecule has 0 radical (unpaired) electrons. The van der Waals surface area contributed by atoms with Gasteiger partial charge in [0.25, 0.3) is 0 Å². The Morgan fingerprint density at radius 3 is 1.31 bits per heavy atom. The minimum Gasteiger partial charge on any atom is -0.457 e. The first-order valence-corrected chi connectivity index (χ1v) is 12.5. The molecule has 0 atom stereocenters. The summed E-state index contributed by atoms with van der Waals surface area (Å²) in [6, 6.07) is 15.3. The summed E-state index contributed by atoms with van der Waals surface area (Å²) in [6.07, 6.45) is 0. The Labute approximate surface area is 220 Å². The van der Waals surface area contributed by atoms with Crippen LogP contribution in [0.4, 0.5) is 0 Å². The molecule has 2 rings (SSSR count). The second kappa shape index (κ2) is 16.7. The molecule has 10 heteroatoms. The molecule has 0 fully saturated rings. The van der Waals surface area contributed by atoms with Gasteiger partial charge in [0.1, 0.15) is 13.2 Å². The Balaban J connectivity index is 1.41. The lowest BCUT2D eigenvalue weighted by Crippen LogP contribution is -2.16. The van der Waals surface area contributed by atoms with Crippen LogP contribution in [0.15, 0.2) is 83.0 Å². The Hall–Kier alpha value is -2.92. The molecule has 0 amide bonds. The highest BCUT2D eigenvalue weighted by atomic mass is 32.2. The van der Waals surface area contributed by atoms with Crippen LogP contribution in [0.3, 0.4) is 0 Å². The normalized spacial score (nSPS) is 10.4. The fraction of sp³-hybridized carbons (Fsp3) is 0.308. The lowest BCUT2D eigenvalue weighted by Gasteiger charge is -2.09. The first-order chi connectivity index (χ1) is 17.3. The van der Waals surface area contributed by atoms with Gasteiger partial charge in [0, 0.05) is 9.79 Å². The van der Waals surface area contributed by atoms with Crippen LogP contribution >= 0.6 is 24.1 Å². The molecular weight excluding hydrogens is 504 g/mol. The maximum Gasteiger partial charge on any atom is 0.374 e. The molecule has 0 heterocycles. The molecule has 36 heavy (non-hydrogen) atoms. The SMILES string of the molecule is C=C(OSc1ccc(C)cc1)C(=O)OCCOCCOCCOC(=O)C(=C)OSc1ccc(C)cc1. The molecule has 8 nitrogen and oxygen atoms in total. The van der Waals surface area contributed by atoms with E-state index in [9.17, 15) is 9.59 Å². The fourth-order valence-electron chi connectivity index (χ4n) is 2.32. The maximum absolute atomic E-state index is 11.9. The van der Waals surface area contributed by atoms with Crippen LogP contribution in [-0.4, -0.2) is 51.6 Å². The molecule has 0 N–H and O–H groups in total. The van der Waals surface area contributed by atoms with E-state index in [0.29, 0.717) is 0 Å². The van der Waals surface area contributed by atoms with Crippen molar-refractivity contribution in [1.82, 2.24) is 0 Å². The molecule has 194 valence electrons. The van der Waals surface area contributed by atoms with Gasteiger partial charge in [0.2, 0.25) is 11.5 Å². The van der Waals surface area contributed by atoms with E-state index >= 15 is 0 Å². The molecule has 0 unspecified atom stereocenters. The first-order valence-electron chi connectivity index (χ1n) is 11.0. The van der Waals surface area contributed by atoms with Gasteiger partial charge in [0.15, 0.2) is 0 Å². The Bertz CT molecular complexity index is 909. The number of carbonyl (C=O) groups is 2. The van der Waals surface area contributed by atoms with Crippen molar-refractivity contribution < 1.29 is 36.9 Å². The molecule has 0 aliphatic carbocycles. The standard InChI is InChI=1S/C26H30O8S2/c1-19-5-9-23(10-6-19)35-33-21(3)25(27)31-17-15-29-13-14-30-16-18-32-26(28)22(4)34-36-24-11-7-20(2)8-12-24/h5-12H,3-4,13-18H2,1-2H3. The average Bonchev–Trinajstić information content (AvgIpc) is 2.88. The topological polar surface area (TPSA) is 89.5 Å². The fourth-order valence-corrected chi connectivity index (χ4v) is 3.35. The third kappa shape index (κ3) is 12.2. The molecule has 2 aromatic carbocycles. The van der Waals surface area contributed by atoms with Crippen molar-refractivity contribution >= 4 is 36.0 Å². The van der Waals surface area contributed by atoms with Gasteiger partial charge in [-0.05, 0) is 51.3 Å². The van der Waals surface area contributed by atoms with Crippen LogP contribution in [0.25, 0.3) is 0 Å². The molecule has 0 aliphatic heterocycles. The highest BCUT2D eigenvalue weighted by Gasteiger charge is 2.12. The first kappa shape index (κ1) is 29.3. The number of carbonyl (C=O) groups excluding carboxylic acids is 2. The minimum absolute atomic E-state index is 0.0523. The van der Waals surface area contributed by atoms with Gasteiger partial charge in [-0.3, -0.25) is 0 Å². The number of esters is 2. The van der Waals surface area contributed by atoms with Crippen LogP contribution in [0, 0.1) is 13.8 Å². The van der Waals surface area contributed by atoms with Crippen molar-refractivity contribution in [1.29, 1.82) is 0 Å². The smallest absolute Gasteiger partial charge is 0.374 e. The van der Waals surface area contributed by atoms with Crippen LogP contribution < -0.4 is 0 Å². The summed E-state index contributed by atoms with van der Waals surface area (Å²) in [4.78, 5) is 25.4. The second-order valence-corrected chi connectivity index (χ2v) is 8.91. The summed E-state index contributed by atoms with van der Waals surface area (Å²) < 4.78 is 31.3. The number of hydrogen-bond acceptors (Lipinski definition) is 10. The average molecular weight is 535 g/mol. The number of benzene rings is 2. The number of aryl methyl sites for hydroxylation is 2. The van der Waals surface area contributed by atoms with Gasteiger partial charge in [0.05, 0.1) is 50.5 Å². The lowest BCUT2D eigenvalue weighted by molar-refractivity contribution is -0.144. The number of ether oxygens (including phenoxy) is 4. The molecule has 0 saturated heterocycles. The van der Waals surface area contributed by atoms with Crippen LogP contribution in [0.5, 0.6) is 0 Å². The summed E-state index contributed by atoms with van der Waals surface area (Å²) >= 11 is 2.07. The number of rotatable bonds is 17. The third-order valence-electron chi connectivity index (χ3n) is 4.27. The Kier molecular flexibility index (Phi) is 13.6. The van der Waals surface area contributed by atoms with E-state index in [2.05, 4.69) is 13.2 Å². The van der Waals surface area contributed by atoms with E-state index < -0.39 is 11.9 Å². The van der Waals surface area contributed by atoms with Gasteiger partial charge < -0.3 is 27.3 Å². The molecule has 0 bridgehead atoms. The summed E-state index contributed by atoms with van der Waals surface area (Å²) in [7, 11) is 0. The quantitative estimate of drug-likeness (QED) is 0.0887. The van der Waals surface area contributed by atoms with E-state index in [1.807, 2.05) is 62.4 Å². The summed E-state index contributed by atoms with van der Waals surface area (Å²) in [5, 5.41) is 0. The predicted molar refractivity (Wildman–Crippen MR) is 138 cm³/mol. The van der Waals surface area contributed by atoms with E-state index in [1.54, 1.807) is 0 Å². The lowest BCUT2D eigenvalue weighted by atomic mass is 10.2. The maximum atomic E-state index is 11.9. The van der Waals surface area contributed by atoms with Crippen molar-refractivity contribution in [3.8, 4) is 0 Å². The zero-order chi connectivity index (χ0) is 26.2. The van der Waals surface area contributed by atoms with Gasteiger partial charge in [-0.15, -0.1) is 0 Å². The number of hydrogen-bond donors (Lipinski definition) is 0. The summed E-state index contributed by atoms with van der Waals surface area (Å²) in [5.74, 6) is -1.50. The Morgan fingerprint density at radius 1 is 0.611 bits per heavy atom. The highest BCUT2D eigenvalue weighted by Crippen LogP contribution is 2.23. The predicted octanol–water partition coefficient (Wildman–Crippen LogP) is 5.20. The zero-order valence-electron chi connectivity index (χ0n) is 20.4. The van der Waals surface area contributed by atoms with Crippen molar-refractivity contribution in [2.24, 2.45) is 0 Å². The van der Waals surface area contributed by atoms with Crippen LogP contribution in [0.1, 0.15) is 11.1 Å². The van der Waals surface area contributed by atoms with E-state index in [0.717, 1.165) is 45.0 Å². The largest absolute Gasteiger partial charge is 0.457 e. The van der Waals surface area contributed by atoms with Crippen molar-refractivity contribution in [2.75, 3.05) is 39.6 Å². The molecule has 2 aromatic rings. The van der Waals surface area contributed by atoms with Gasteiger partial charge in [-0.25, -0.2) is 9.59 Å². The van der Waals surface area contributed by atoms with Gasteiger partial charge in [-0.1, -0.05) is 35.4 Å². The third-order valence-corrected chi connectivity index (χ3v) is 5.77. The van der Waals surface area contributed by atoms with E-state index in [1.165, 1.54) is 0 Å². The van der Waals surface area contributed by atoms with Crippen molar-refractivity contribution in [2.45, 2.75) is 23.6 Å². The monoisotopic (exact) mass is 534 g/mol. The minimum atomic E-state index is -0.654. The van der Waals surface area contributed by atoms with Gasteiger partial charge >= 0.3 is 11.9 Å². The molecule has 0 aliphatic rings. The highest BCUT2D eigenvalue weighted by molar-refractivity contribution is 7.95. The summed E-state index contributed by atoms with van der Waals surface area (Å²) in [5.41, 5.74) is 2.26. The molecular formula is C26H30O8S2. The molecule has 0 saturated carbocycles. The van der Waals surface area contributed by atoms with E-state index in [4.69, 9.17) is 27.3 Å². The van der Waals surface area contributed by atoms with Crippen LogP contribution in [-0.2, 0) is 36.9 Å². The molecule has 0 aromatic heterocycles. The van der Waals surface area contributed by atoms with E-state index in [-0.39, 0.29) is 51.2 Å². The summed E-state index contributed by atoms with van der Waals surface area (Å²) in [6.45, 7) is 12.2. The van der Waals surface area contributed by atoms with Crippen molar-refractivity contribution in [3.63, 3.8) is 0 Å². The van der Waals surface area contributed by atoms with Crippen LogP contribution in [0.2, 0.25) is 0 Å². The Morgan fingerprint density at radius 2 is 0.944 bits per heavy atom. The van der Waals surface area contributed by atoms with Gasteiger partial charge in [-0.2, -0.15) is 0 Å². The molecule has 0 spiro atoms. The second-order valence-electron chi connectivity index (χ2n) is 7.30. The van der Waals surface area contributed by atoms with Crippen molar-refractivity contribution in [3.05, 3.63) is 84.3 Å². The zero-order valence-corrected chi connectivity index (χ0v) is 22.0.